The maximum absolute atomic E-state index is 12.9. The third-order valence-electron chi connectivity index (χ3n) is 5.86. The average Bonchev–Trinajstić information content (AvgIpc) is 3.08. The molecule has 0 aliphatic heterocycles. The van der Waals surface area contributed by atoms with Crippen molar-refractivity contribution in [3.05, 3.63) is 82.2 Å². The van der Waals surface area contributed by atoms with Gasteiger partial charge in [0.25, 0.3) is 15.9 Å². The minimum atomic E-state index is -3.81. The van der Waals surface area contributed by atoms with Crippen LogP contribution < -0.4 is 10.0 Å². The molecule has 0 atom stereocenters. The summed E-state index contributed by atoms with van der Waals surface area (Å²) in [5.74, 6) is -0.558. The van der Waals surface area contributed by atoms with Gasteiger partial charge in [-0.05, 0) is 87.2 Å². The number of amides is 1. The Morgan fingerprint density at radius 2 is 1.69 bits per heavy atom. The van der Waals surface area contributed by atoms with E-state index in [9.17, 15) is 18.5 Å². The van der Waals surface area contributed by atoms with E-state index in [1.54, 1.807) is 6.08 Å². The number of hydrogen-bond donors (Lipinski definition) is 2. The van der Waals surface area contributed by atoms with Gasteiger partial charge in [-0.25, -0.2) is 8.42 Å². The van der Waals surface area contributed by atoms with Crippen LogP contribution in [-0.4, -0.2) is 18.9 Å². The van der Waals surface area contributed by atoms with Crippen molar-refractivity contribution in [2.45, 2.75) is 52.5 Å². The molecule has 0 spiro atoms. The lowest BCUT2D eigenvalue weighted by Crippen LogP contribution is -2.16. The summed E-state index contributed by atoms with van der Waals surface area (Å²) in [4.78, 5) is 12.8. The molecule has 0 unspecified atom stereocenters. The van der Waals surface area contributed by atoms with E-state index < -0.39 is 15.9 Å². The Hall–Kier alpha value is -3.83. The maximum atomic E-state index is 12.9. The van der Waals surface area contributed by atoms with Crippen LogP contribution in [0, 0.1) is 39.0 Å². The first-order valence-corrected chi connectivity index (χ1v) is 12.8. The normalized spacial score (nSPS) is 11.7. The maximum Gasteiger partial charge on any atom is 0.266 e. The van der Waals surface area contributed by atoms with Gasteiger partial charge in [0.05, 0.1) is 10.6 Å². The second-order valence-corrected chi connectivity index (χ2v) is 10.2. The van der Waals surface area contributed by atoms with Crippen molar-refractivity contribution in [1.29, 1.82) is 5.26 Å². The summed E-state index contributed by atoms with van der Waals surface area (Å²) in [6, 6.07) is 15.3. The molecule has 7 nitrogen and oxygen atoms in total. The molecular formula is C27H30N4O3S. The number of sulfonamides is 1. The topological polar surface area (TPSA) is 104 Å². The highest BCUT2D eigenvalue weighted by atomic mass is 32.2. The number of hydrogen-bond acceptors (Lipinski definition) is 4. The first kappa shape index (κ1) is 25.8. The summed E-state index contributed by atoms with van der Waals surface area (Å²) in [5, 5.41) is 12.2. The second kappa shape index (κ2) is 10.6. The van der Waals surface area contributed by atoms with Gasteiger partial charge in [-0.15, -0.1) is 0 Å². The number of rotatable bonds is 8. The van der Waals surface area contributed by atoms with E-state index in [-0.39, 0.29) is 10.5 Å². The summed E-state index contributed by atoms with van der Waals surface area (Å²) in [5.41, 5.74) is 5.44. The Morgan fingerprint density at radius 1 is 1.06 bits per heavy atom. The molecule has 0 aliphatic carbocycles. The molecule has 0 saturated carbocycles. The zero-order valence-electron chi connectivity index (χ0n) is 20.6. The van der Waals surface area contributed by atoms with Crippen LogP contribution in [0.5, 0.6) is 0 Å². The van der Waals surface area contributed by atoms with E-state index in [1.807, 2.05) is 58.0 Å². The molecule has 3 aromatic rings. The van der Waals surface area contributed by atoms with Crippen LogP contribution in [0.15, 0.2) is 59.0 Å². The van der Waals surface area contributed by atoms with Gasteiger partial charge in [0.1, 0.15) is 11.6 Å². The predicted molar refractivity (Wildman–Crippen MR) is 140 cm³/mol. The number of anilines is 2. The van der Waals surface area contributed by atoms with E-state index in [0.717, 1.165) is 41.0 Å². The van der Waals surface area contributed by atoms with Crippen LogP contribution in [0.1, 0.15) is 41.4 Å². The fourth-order valence-corrected chi connectivity index (χ4v) is 5.13. The number of benzene rings is 2. The van der Waals surface area contributed by atoms with Crippen LogP contribution in [-0.2, 0) is 21.4 Å². The van der Waals surface area contributed by atoms with Crippen molar-refractivity contribution in [1.82, 2.24) is 4.57 Å². The number of aromatic nitrogens is 1. The summed E-state index contributed by atoms with van der Waals surface area (Å²) in [6.45, 7) is 10.6. The van der Waals surface area contributed by atoms with Gasteiger partial charge in [0.15, 0.2) is 0 Å². The Morgan fingerprint density at radius 3 is 2.26 bits per heavy atom. The highest BCUT2D eigenvalue weighted by molar-refractivity contribution is 7.92. The molecule has 2 N–H and O–H groups in total. The molecule has 182 valence electrons. The van der Waals surface area contributed by atoms with Gasteiger partial charge in [-0.1, -0.05) is 25.1 Å². The van der Waals surface area contributed by atoms with Crippen LogP contribution in [0.3, 0.4) is 0 Å². The van der Waals surface area contributed by atoms with Gasteiger partial charge in [0, 0.05) is 23.6 Å². The monoisotopic (exact) mass is 490 g/mol. The number of para-hydroxylation sites is 1. The van der Waals surface area contributed by atoms with Gasteiger partial charge in [-0.3, -0.25) is 9.52 Å². The lowest BCUT2D eigenvalue weighted by Gasteiger charge is -2.13. The van der Waals surface area contributed by atoms with Gasteiger partial charge in [0.2, 0.25) is 0 Å². The van der Waals surface area contributed by atoms with Crippen molar-refractivity contribution in [3.63, 3.8) is 0 Å². The lowest BCUT2D eigenvalue weighted by atomic mass is 10.1. The smallest absolute Gasteiger partial charge is 0.266 e. The first-order chi connectivity index (χ1) is 16.6. The number of nitrogens with zero attached hydrogens (tertiary/aromatic N) is 2. The summed E-state index contributed by atoms with van der Waals surface area (Å²) in [6.07, 6.45) is 2.56. The van der Waals surface area contributed by atoms with Crippen molar-refractivity contribution >= 4 is 33.4 Å². The molecule has 1 aromatic heterocycles. The number of nitriles is 1. The van der Waals surface area contributed by atoms with Gasteiger partial charge >= 0.3 is 0 Å². The average molecular weight is 491 g/mol. The fourth-order valence-electron chi connectivity index (χ4n) is 3.93. The summed E-state index contributed by atoms with van der Waals surface area (Å²) < 4.78 is 30.5. The standard InChI is InChI=1S/C27H30N4O3S/c1-6-14-31-20(4)15-22(21(31)5)16-23(17-28)27(32)29-24-10-12-25(13-11-24)35(33,34)30-26-18(2)8-7-9-19(26)3/h7-13,15-16,30H,6,14H2,1-5H3,(H,29,32)/b23-16+. The molecule has 1 amide bonds. The molecule has 8 heteroatoms. The number of nitrogens with one attached hydrogen (secondary N) is 2. The zero-order chi connectivity index (χ0) is 25.8. The van der Waals surface area contributed by atoms with E-state index >= 15 is 0 Å². The van der Waals surface area contributed by atoms with Crippen molar-refractivity contribution in [2.24, 2.45) is 0 Å². The molecule has 0 aliphatic rings. The number of carbonyl (C=O) groups excluding carboxylic acids is 1. The van der Waals surface area contributed by atoms with E-state index in [4.69, 9.17) is 0 Å². The molecule has 0 radical (unpaired) electrons. The minimum absolute atomic E-state index is 0.0323. The molecule has 2 aromatic carbocycles. The molecule has 0 fully saturated rings. The molecule has 1 heterocycles. The van der Waals surface area contributed by atoms with Crippen LogP contribution in [0.25, 0.3) is 6.08 Å². The van der Waals surface area contributed by atoms with E-state index in [0.29, 0.717) is 11.4 Å². The van der Waals surface area contributed by atoms with E-state index in [2.05, 4.69) is 21.5 Å². The van der Waals surface area contributed by atoms with Crippen LogP contribution >= 0.6 is 0 Å². The Balaban J connectivity index is 1.78. The predicted octanol–water partition coefficient (Wildman–Crippen LogP) is 5.48. The third kappa shape index (κ3) is 5.81. The number of carbonyl (C=O) groups is 1. The Bertz CT molecular complexity index is 1410. The third-order valence-corrected chi connectivity index (χ3v) is 7.23. The fraction of sp³-hybridized carbons (Fsp3) is 0.259. The van der Waals surface area contributed by atoms with Crippen molar-refractivity contribution in [3.8, 4) is 6.07 Å². The highest BCUT2D eigenvalue weighted by Crippen LogP contribution is 2.24. The summed E-state index contributed by atoms with van der Waals surface area (Å²) in [7, 11) is -3.81. The van der Waals surface area contributed by atoms with E-state index in [1.165, 1.54) is 24.3 Å². The first-order valence-electron chi connectivity index (χ1n) is 11.4. The quantitative estimate of drug-likeness (QED) is 0.322. The Kier molecular flexibility index (Phi) is 7.82. The van der Waals surface area contributed by atoms with Crippen LogP contribution in [0.2, 0.25) is 0 Å². The molecule has 0 bridgehead atoms. The zero-order valence-corrected chi connectivity index (χ0v) is 21.5. The van der Waals surface area contributed by atoms with Crippen molar-refractivity contribution < 1.29 is 13.2 Å². The second-order valence-electron chi connectivity index (χ2n) is 8.50. The van der Waals surface area contributed by atoms with Gasteiger partial charge in [-0.2, -0.15) is 5.26 Å². The molecule has 35 heavy (non-hydrogen) atoms. The van der Waals surface area contributed by atoms with Crippen LogP contribution in [0.4, 0.5) is 11.4 Å². The summed E-state index contributed by atoms with van der Waals surface area (Å²) >= 11 is 0. The molecule has 3 rings (SSSR count). The largest absolute Gasteiger partial charge is 0.349 e. The SMILES string of the molecule is CCCn1c(C)cc(/C=C(\C#N)C(=O)Nc2ccc(S(=O)(=O)Nc3c(C)cccc3C)cc2)c1C. The van der Waals surface area contributed by atoms with Crippen molar-refractivity contribution in [2.75, 3.05) is 10.0 Å². The number of aryl methyl sites for hydroxylation is 3. The molecule has 0 saturated heterocycles. The van der Waals surface area contributed by atoms with Gasteiger partial charge < -0.3 is 9.88 Å². The lowest BCUT2D eigenvalue weighted by molar-refractivity contribution is -0.112. The molecular weight excluding hydrogens is 460 g/mol. The highest BCUT2D eigenvalue weighted by Gasteiger charge is 2.17. The minimum Gasteiger partial charge on any atom is -0.349 e. The Labute approximate surface area is 207 Å².